The molecule has 1 heterocycles. The number of benzene rings is 2. The van der Waals surface area contributed by atoms with E-state index in [4.69, 9.17) is 9.47 Å². The number of unbranched alkanes of at least 4 members (excludes halogenated alkanes) is 9. The molecule has 1 amide bonds. The highest BCUT2D eigenvalue weighted by molar-refractivity contribution is 6.46. The van der Waals surface area contributed by atoms with E-state index in [9.17, 15) is 19.8 Å². The summed E-state index contributed by atoms with van der Waals surface area (Å²) in [6.07, 6.45) is 11.6. The van der Waals surface area contributed by atoms with Crippen molar-refractivity contribution in [3.8, 4) is 17.2 Å². The fourth-order valence-corrected chi connectivity index (χ4v) is 5.10. The molecule has 7 heteroatoms. The minimum atomic E-state index is -0.787. The number of ether oxygens (including phenoxy) is 2. The van der Waals surface area contributed by atoms with Crippen molar-refractivity contribution < 1.29 is 29.3 Å². The number of amides is 1. The van der Waals surface area contributed by atoms with Crippen molar-refractivity contribution in [2.75, 3.05) is 20.3 Å². The molecule has 1 aliphatic rings. The van der Waals surface area contributed by atoms with Crippen molar-refractivity contribution in [2.24, 2.45) is 0 Å². The number of aliphatic hydroxyl groups is 1. The third-order valence-corrected chi connectivity index (χ3v) is 7.26. The van der Waals surface area contributed by atoms with Gasteiger partial charge in [0, 0.05) is 12.1 Å². The van der Waals surface area contributed by atoms with Crippen molar-refractivity contribution in [1.82, 2.24) is 4.90 Å². The third-order valence-electron chi connectivity index (χ3n) is 7.26. The molecular weight excluding hydrogens is 494 g/mol. The Hall–Kier alpha value is -3.48. The largest absolute Gasteiger partial charge is 0.507 e. The van der Waals surface area contributed by atoms with Crippen molar-refractivity contribution in [3.05, 3.63) is 59.2 Å². The quantitative estimate of drug-likeness (QED) is 0.102. The molecule has 0 aromatic heterocycles. The maximum Gasteiger partial charge on any atom is 0.295 e. The number of nitrogens with zero attached hydrogens (tertiary/aromatic N) is 1. The van der Waals surface area contributed by atoms with Gasteiger partial charge < -0.3 is 24.6 Å². The highest BCUT2D eigenvalue weighted by Gasteiger charge is 2.46. The number of likely N-dealkylation sites (tertiary alicyclic amines) is 1. The van der Waals surface area contributed by atoms with Crippen LogP contribution in [0.1, 0.15) is 95.2 Å². The molecule has 2 N–H and O–H groups in total. The summed E-state index contributed by atoms with van der Waals surface area (Å²) in [6.45, 7) is 4.78. The number of hydrogen-bond donors (Lipinski definition) is 2. The first-order valence-electron chi connectivity index (χ1n) is 14.3. The number of carbonyl (C=O) groups excluding carboxylic acids is 2. The first kappa shape index (κ1) is 30.1. The Bertz CT molecular complexity index is 1120. The summed E-state index contributed by atoms with van der Waals surface area (Å²) in [5, 5.41) is 21.5. The van der Waals surface area contributed by atoms with Gasteiger partial charge in [-0.3, -0.25) is 9.59 Å². The monoisotopic (exact) mass is 537 g/mol. The van der Waals surface area contributed by atoms with Gasteiger partial charge in [0.15, 0.2) is 11.5 Å². The fraction of sp³-hybridized carbons (Fsp3) is 0.500. The zero-order valence-corrected chi connectivity index (χ0v) is 23.6. The minimum Gasteiger partial charge on any atom is -0.507 e. The predicted molar refractivity (Wildman–Crippen MR) is 153 cm³/mol. The molecule has 2 aromatic rings. The fourth-order valence-electron chi connectivity index (χ4n) is 5.10. The number of phenolic OH excluding ortho intramolecular Hbond substituents is 1. The lowest BCUT2D eigenvalue weighted by atomic mass is 9.94. The summed E-state index contributed by atoms with van der Waals surface area (Å²) in [4.78, 5) is 28.1. The second kappa shape index (κ2) is 15.2. The lowest BCUT2D eigenvalue weighted by Gasteiger charge is -2.26. The van der Waals surface area contributed by atoms with Gasteiger partial charge in [-0.25, -0.2) is 0 Å². The van der Waals surface area contributed by atoms with Gasteiger partial charge in [0.05, 0.1) is 25.3 Å². The van der Waals surface area contributed by atoms with Crippen LogP contribution in [0.25, 0.3) is 5.76 Å². The summed E-state index contributed by atoms with van der Waals surface area (Å²) in [7, 11) is 1.55. The topological polar surface area (TPSA) is 96.3 Å². The number of aromatic hydroxyl groups is 1. The van der Waals surface area contributed by atoms with Crippen LogP contribution in [0.4, 0.5) is 0 Å². The van der Waals surface area contributed by atoms with E-state index >= 15 is 0 Å². The molecule has 2 aromatic carbocycles. The lowest BCUT2D eigenvalue weighted by Crippen LogP contribution is -2.30. The van der Waals surface area contributed by atoms with Crippen LogP contribution in [0.2, 0.25) is 0 Å². The molecule has 0 bridgehead atoms. The highest BCUT2D eigenvalue weighted by atomic mass is 16.5. The molecule has 0 unspecified atom stereocenters. The first-order chi connectivity index (χ1) is 18.9. The first-order valence-corrected chi connectivity index (χ1v) is 14.3. The molecule has 0 spiro atoms. The van der Waals surface area contributed by atoms with Gasteiger partial charge >= 0.3 is 0 Å². The SMILES string of the molecule is CCCCCCCCCCCCN1C(=O)C(=O)C(=C(O)c2ccc(OC)cc2)[C@@H]1c1ccc(O)c(OCC)c1. The Morgan fingerprint density at radius 1 is 0.872 bits per heavy atom. The average Bonchev–Trinajstić information content (AvgIpc) is 3.20. The van der Waals surface area contributed by atoms with E-state index < -0.39 is 17.7 Å². The van der Waals surface area contributed by atoms with Crippen molar-refractivity contribution >= 4 is 17.4 Å². The van der Waals surface area contributed by atoms with E-state index in [2.05, 4.69) is 6.92 Å². The Balaban J connectivity index is 1.81. The van der Waals surface area contributed by atoms with Crippen LogP contribution in [0.5, 0.6) is 17.2 Å². The zero-order chi connectivity index (χ0) is 28.2. The highest BCUT2D eigenvalue weighted by Crippen LogP contribution is 2.42. The van der Waals surface area contributed by atoms with Crippen molar-refractivity contribution in [3.63, 3.8) is 0 Å². The molecule has 1 atom stereocenters. The van der Waals surface area contributed by atoms with Gasteiger partial charge in [-0.1, -0.05) is 70.8 Å². The number of carbonyl (C=O) groups is 2. The maximum atomic E-state index is 13.3. The maximum absolute atomic E-state index is 13.3. The summed E-state index contributed by atoms with van der Waals surface area (Å²) in [5.41, 5.74) is 1.05. The van der Waals surface area contributed by atoms with Gasteiger partial charge in [0.25, 0.3) is 11.7 Å². The zero-order valence-electron chi connectivity index (χ0n) is 23.6. The lowest BCUT2D eigenvalue weighted by molar-refractivity contribution is -0.139. The van der Waals surface area contributed by atoms with E-state index in [0.717, 1.165) is 19.3 Å². The molecule has 212 valence electrons. The smallest absolute Gasteiger partial charge is 0.295 e. The molecule has 1 aliphatic heterocycles. The number of aliphatic hydroxyl groups excluding tert-OH is 1. The molecular formula is C32H43NO6. The molecule has 1 saturated heterocycles. The minimum absolute atomic E-state index is 0.0256. The third kappa shape index (κ3) is 7.78. The molecule has 3 rings (SSSR count). The van der Waals surface area contributed by atoms with E-state index in [1.807, 2.05) is 6.92 Å². The predicted octanol–water partition coefficient (Wildman–Crippen LogP) is 7.14. The molecule has 0 radical (unpaired) electrons. The number of rotatable bonds is 16. The van der Waals surface area contributed by atoms with Crippen LogP contribution in [-0.4, -0.2) is 47.1 Å². The van der Waals surface area contributed by atoms with Gasteiger partial charge in [-0.15, -0.1) is 0 Å². The van der Waals surface area contributed by atoms with E-state index in [-0.39, 0.29) is 22.8 Å². The molecule has 1 fully saturated rings. The van der Waals surface area contributed by atoms with Crippen molar-refractivity contribution in [1.29, 1.82) is 0 Å². The molecule has 7 nitrogen and oxygen atoms in total. The van der Waals surface area contributed by atoms with Gasteiger partial charge in [0.2, 0.25) is 0 Å². The Morgan fingerprint density at radius 3 is 2.08 bits per heavy atom. The number of methoxy groups -OCH3 is 1. The van der Waals surface area contributed by atoms with E-state index in [0.29, 0.717) is 30.0 Å². The van der Waals surface area contributed by atoms with Crippen LogP contribution in [0.15, 0.2) is 48.0 Å². The number of phenols is 1. The molecule has 39 heavy (non-hydrogen) atoms. The van der Waals surface area contributed by atoms with Crippen LogP contribution in [0.3, 0.4) is 0 Å². The van der Waals surface area contributed by atoms with Crippen LogP contribution in [0, 0.1) is 0 Å². The van der Waals surface area contributed by atoms with Crippen molar-refractivity contribution in [2.45, 2.75) is 84.1 Å². The van der Waals surface area contributed by atoms with Gasteiger partial charge in [0.1, 0.15) is 11.5 Å². The normalized spacial score (nSPS) is 16.6. The number of Topliss-reactive ketones (excluding diaryl/α,β-unsaturated/α-hetero) is 1. The van der Waals surface area contributed by atoms with E-state index in [1.54, 1.807) is 48.4 Å². The summed E-state index contributed by atoms with van der Waals surface area (Å²) in [5.74, 6) is -0.725. The Labute approximate surface area is 232 Å². The average molecular weight is 538 g/mol. The van der Waals surface area contributed by atoms with Gasteiger partial charge in [-0.05, 0) is 55.3 Å². The second-order valence-corrected chi connectivity index (χ2v) is 10.1. The van der Waals surface area contributed by atoms with Crippen LogP contribution < -0.4 is 9.47 Å². The molecule has 0 saturated carbocycles. The summed E-state index contributed by atoms with van der Waals surface area (Å²) in [6, 6.07) is 10.7. The Kier molecular flexibility index (Phi) is 11.7. The number of hydrogen-bond acceptors (Lipinski definition) is 6. The molecule has 0 aliphatic carbocycles. The standard InChI is InChI=1S/C32H43NO6/c1-4-6-7-8-9-10-11-12-13-14-21-33-29(24-17-20-26(34)27(22-24)39-5-2)28(31(36)32(33)37)30(35)23-15-18-25(38-3)19-16-23/h15-20,22,29,34-35H,4-14,21H2,1-3H3/t29-/m0/s1. The second-order valence-electron chi connectivity index (χ2n) is 10.1. The number of ketones is 1. The van der Waals surface area contributed by atoms with Gasteiger partial charge in [-0.2, -0.15) is 0 Å². The Morgan fingerprint density at radius 2 is 1.49 bits per heavy atom. The van der Waals surface area contributed by atoms with Crippen LogP contribution in [-0.2, 0) is 9.59 Å². The van der Waals surface area contributed by atoms with Crippen LogP contribution >= 0.6 is 0 Å². The van der Waals surface area contributed by atoms with E-state index in [1.165, 1.54) is 51.0 Å². The summed E-state index contributed by atoms with van der Waals surface area (Å²) < 4.78 is 10.8. The summed E-state index contributed by atoms with van der Waals surface area (Å²) >= 11 is 0.